The Labute approximate surface area is 125 Å². The Morgan fingerprint density at radius 1 is 1.10 bits per heavy atom. The summed E-state index contributed by atoms with van der Waals surface area (Å²) in [5.74, 6) is -0.0552. The van der Waals surface area contributed by atoms with E-state index >= 15 is 0 Å². The fourth-order valence-corrected chi connectivity index (χ4v) is 2.50. The van der Waals surface area contributed by atoms with Crippen LogP contribution in [0.15, 0.2) is 12.1 Å². The summed E-state index contributed by atoms with van der Waals surface area (Å²) in [6.45, 7) is 13.7. The molecular weight excluding hydrogens is 264 g/mol. The van der Waals surface area contributed by atoms with Crippen molar-refractivity contribution in [2.45, 2.75) is 59.4 Å². The standard InChI is InChI=1S/C17H24N2O2/c1-10-8-12-13(9-11(10)2)19(17(6,7)15(20)21)14(18-12)16(3,4)5/h8-9H,1-7H3,(H,20,21). The number of fused-ring (bicyclic) bond motifs is 1. The van der Waals surface area contributed by atoms with Crippen molar-refractivity contribution < 1.29 is 9.90 Å². The van der Waals surface area contributed by atoms with Crippen LogP contribution >= 0.6 is 0 Å². The number of hydrogen-bond donors (Lipinski definition) is 1. The lowest BCUT2D eigenvalue weighted by atomic mass is 9.93. The van der Waals surface area contributed by atoms with Gasteiger partial charge in [-0.25, -0.2) is 9.78 Å². The molecule has 0 aliphatic carbocycles. The monoisotopic (exact) mass is 288 g/mol. The van der Waals surface area contributed by atoms with Crippen molar-refractivity contribution >= 4 is 17.0 Å². The first-order valence-electron chi connectivity index (χ1n) is 7.20. The summed E-state index contributed by atoms with van der Waals surface area (Å²) < 4.78 is 1.87. The first-order chi connectivity index (χ1) is 9.46. The predicted molar refractivity (Wildman–Crippen MR) is 84.9 cm³/mol. The fraction of sp³-hybridized carbons (Fsp3) is 0.529. The highest BCUT2D eigenvalue weighted by Crippen LogP contribution is 2.33. The van der Waals surface area contributed by atoms with Gasteiger partial charge in [0, 0.05) is 5.41 Å². The maximum atomic E-state index is 11.7. The number of aryl methyl sites for hydroxylation is 2. The van der Waals surface area contributed by atoms with Gasteiger partial charge >= 0.3 is 5.97 Å². The van der Waals surface area contributed by atoms with E-state index in [1.165, 1.54) is 5.56 Å². The average Bonchev–Trinajstić information content (AvgIpc) is 2.68. The van der Waals surface area contributed by atoms with E-state index in [0.29, 0.717) is 0 Å². The fourth-order valence-electron chi connectivity index (χ4n) is 2.50. The number of carboxylic acid groups (broad SMARTS) is 1. The Kier molecular flexibility index (Phi) is 3.39. The van der Waals surface area contributed by atoms with Gasteiger partial charge in [0.25, 0.3) is 0 Å². The molecule has 1 aromatic heterocycles. The molecule has 0 aliphatic rings. The Hall–Kier alpha value is -1.84. The maximum Gasteiger partial charge on any atom is 0.329 e. The molecule has 1 heterocycles. The Morgan fingerprint density at radius 2 is 1.62 bits per heavy atom. The zero-order chi connectivity index (χ0) is 16.2. The van der Waals surface area contributed by atoms with Crippen molar-refractivity contribution in [3.05, 3.63) is 29.1 Å². The molecule has 2 aromatic rings. The third-order valence-electron chi connectivity index (χ3n) is 4.02. The van der Waals surface area contributed by atoms with E-state index in [2.05, 4.69) is 20.8 Å². The molecule has 2 rings (SSSR count). The highest BCUT2D eigenvalue weighted by atomic mass is 16.4. The number of imidazole rings is 1. The van der Waals surface area contributed by atoms with E-state index in [0.717, 1.165) is 22.4 Å². The van der Waals surface area contributed by atoms with Crippen LogP contribution in [-0.4, -0.2) is 20.6 Å². The molecule has 114 valence electrons. The van der Waals surface area contributed by atoms with Crippen LogP contribution in [0.25, 0.3) is 11.0 Å². The predicted octanol–water partition coefficient (Wildman–Crippen LogP) is 3.77. The zero-order valence-corrected chi connectivity index (χ0v) is 13.9. The van der Waals surface area contributed by atoms with Gasteiger partial charge in [-0.2, -0.15) is 0 Å². The van der Waals surface area contributed by atoms with Crippen LogP contribution in [0, 0.1) is 13.8 Å². The number of rotatable bonds is 2. The van der Waals surface area contributed by atoms with Crippen molar-refractivity contribution in [1.82, 2.24) is 9.55 Å². The summed E-state index contributed by atoms with van der Waals surface area (Å²) in [7, 11) is 0. The first-order valence-corrected chi connectivity index (χ1v) is 7.20. The smallest absolute Gasteiger partial charge is 0.329 e. The summed E-state index contributed by atoms with van der Waals surface area (Å²) >= 11 is 0. The molecule has 0 radical (unpaired) electrons. The lowest BCUT2D eigenvalue weighted by Gasteiger charge is -2.29. The van der Waals surface area contributed by atoms with Gasteiger partial charge in [0.15, 0.2) is 0 Å². The first kappa shape index (κ1) is 15.5. The van der Waals surface area contributed by atoms with Gasteiger partial charge < -0.3 is 9.67 Å². The summed E-state index contributed by atoms with van der Waals surface area (Å²) in [6, 6.07) is 4.08. The normalized spacial score (nSPS) is 12.9. The number of benzene rings is 1. The van der Waals surface area contributed by atoms with Crippen molar-refractivity contribution in [2.24, 2.45) is 0 Å². The number of hydrogen-bond acceptors (Lipinski definition) is 2. The molecule has 1 N–H and O–H groups in total. The van der Waals surface area contributed by atoms with E-state index in [1.807, 2.05) is 30.5 Å². The van der Waals surface area contributed by atoms with E-state index in [-0.39, 0.29) is 5.41 Å². The molecular formula is C17H24N2O2. The van der Waals surface area contributed by atoms with E-state index in [1.54, 1.807) is 13.8 Å². The van der Waals surface area contributed by atoms with Crippen LogP contribution in [0.4, 0.5) is 0 Å². The molecule has 0 atom stereocenters. The molecule has 4 nitrogen and oxygen atoms in total. The van der Waals surface area contributed by atoms with Gasteiger partial charge in [-0.05, 0) is 51.0 Å². The molecule has 0 saturated heterocycles. The number of carbonyl (C=O) groups is 1. The summed E-state index contributed by atoms with van der Waals surface area (Å²) in [5.41, 5.74) is 2.78. The van der Waals surface area contributed by atoms with Gasteiger partial charge in [-0.1, -0.05) is 20.8 Å². The molecule has 0 bridgehead atoms. The molecule has 0 saturated carbocycles. The van der Waals surface area contributed by atoms with Crippen LogP contribution in [0.3, 0.4) is 0 Å². The van der Waals surface area contributed by atoms with Crippen molar-refractivity contribution in [3.63, 3.8) is 0 Å². The van der Waals surface area contributed by atoms with Gasteiger partial charge in [0.1, 0.15) is 11.4 Å². The summed E-state index contributed by atoms with van der Waals surface area (Å²) in [5, 5.41) is 9.64. The van der Waals surface area contributed by atoms with Crippen molar-refractivity contribution in [1.29, 1.82) is 0 Å². The lowest BCUT2D eigenvalue weighted by Crippen LogP contribution is -2.39. The second-order valence-corrected chi connectivity index (χ2v) is 7.31. The molecule has 21 heavy (non-hydrogen) atoms. The topological polar surface area (TPSA) is 55.1 Å². The second-order valence-electron chi connectivity index (χ2n) is 7.31. The van der Waals surface area contributed by atoms with Gasteiger partial charge in [-0.15, -0.1) is 0 Å². The lowest BCUT2D eigenvalue weighted by molar-refractivity contribution is -0.145. The highest BCUT2D eigenvalue weighted by Gasteiger charge is 2.36. The molecule has 1 aromatic carbocycles. The molecule has 0 amide bonds. The van der Waals surface area contributed by atoms with Crippen LogP contribution < -0.4 is 0 Å². The molecule has 0 unspecified atom stereocenters. The van der Waals surface area contributed by atoms with Gasteiger partial charge in [0.05, 0.1) is 11.0 Å². The second kappa shape index (κ2) is 4.58. The minimum Gasteiger partial charge on any atom is -0.480 e. The number of aromatic nitrogens is 2. The van der Waals surface area contributed by atoms with E-state index in [9.17, 15) is 9.90 Å². The van der Waals surface area contributed by atoms with Gasteiger partial charge in [0.2, 0.25) is 0 Å². The van der Waals surface area contributed by atoms with Crippen LogP contribution in [0.5, 0.6) is 0 Å². The maximum absolute atomic E-state index is 11.7. The van der Waals surface area contributed by atoms with E-state index in [4.69, 9.17) is 4.98 Å². The Morgan fingerprint density at radius 3 is 2.10 bits per heavy atom. The van der Waals surface area contributed by atoms with Crippen LogP contribution in [-0.2, 0) is 15.7 Å². The third-order valence-corrected chi connectivity index (χ3v) is 4.02. The number of aliphatic carboxylic acids is 1. The summed E-state index contributed by atoms with van der Waals surface area (Å²) in [6.07, 6.45) is 0. The highest BCUT2D eigenvalue weighted by molar-refractivity contribution is 5.83. The van der Waals surface area contributed by atoms with Gasteiger partial charge in [-0.3, -0.25) is 0 Å². The molecule has 0 fully saturated rings. The van der Waals surface area contributed by atoms with E-state index < -0.39 is 11.5 Å². The van der Waals surface area contributed by atoms with Crippen LogP contribution in [0.2, 0.25) is 0 Å². The quantitative estimate of drug-likeness (QED) is 0.915. The largest absolute Gasteiger partial charge is 0.480 e. The minimum atomic E-state index is -1.04. The zero-order valence-electron chi connectivity index (χ0n) is 13.9. The number of carboxylic acids is 1. The Balaban J connectivity index is 2.94. The molecule has 0 spiro atoms. The average molecular weight is 288 g/mol. The van der Waals surface area contributed by atoms with Crippen molar-refractivity contribution in [2.75, 3.05) is 0 Å². The number of nitrogens with zero attached hydrogens (tertiary/aromatic N) is 2. The Bertz CT molecular complexity index is 718. The molecule has 0 aliphatic heterocycles. The molecule has 4 heteroatoms. The summed E-state index contributed by atoms with van der Waals surface area (Å²) in [4.78, 5) is 16.5. The minimum absolute atomic E-state index is 0.229. The third kappa shape index (κ3) is 2.43. The van der Waals surface area contributed by atoms with Crippen molar-refractivity contribution in [3.8, 4) is 0 Å². The van der Waals surface area contributed by atoms with Crippen LogP contribution in [0.1, 0.15) is 51.6 Å². The SMILES string of the molecule is Cc1cc2nc(C(C)(C)C)n(C(C)(C)C(=O)O)c2cc1C.